The van der Waals surface area contributed by atoms with E-state index in [1.165, 1.54) is 11.3 Å². The summed E-state index contributed by atoms with van der Waals surface area (Å²) in [7, 11) is 0. The van der Waals surface area contributed by atoms with Gasteiger partial charge in [-0.05, 0) is 33.8 Å². The monoisotopic (exact) mass is 348 g/mol. The van der Waals surface area contributed by atoms with Gasteiger partial charge in [0.05, 0.1) is 6.20 Å². The summed E-state index contributed by atoms with van der Waals surface area (Å²) in [6.07, 6.45) is 4.85. The van der Waals surface area contributed by atoms with E-state index in [4.69, 9.17) is 0 Å². The first-order valence-electron chi connectivity index (χ1n) is 8.01. The maximum atomic E-state index is 12.2. The Labute approximate surface area is 146 Å². The van der Waals surface area contributed by atoms with E-state index in [0.717, 1.165) is 6.54 Å². The average molecular weight is 348 g/mol. The number of nitrogens with one attached hydrogen (secondary N) is 2. The van der Waals surface area contributed by atoms with Crippen LogP contribution in [0, 0.1) is 0 Å². The fourth-order valence-corrected chi connectivity index (χ4v) is 3.12. The minimum absolute atomic E-state index is 0.109. The summed E-state index contributed by atoms with van der Waals surface area (Å²) in [4.78, 5) is 27.4. The molecule has 2 aromatic heterocycles. The van der Waals surface area contributed by atoms with Crippen LogP contribution in [0.25, 0.3) is 0 Å². The number of amides is 1. The predicted octanol–water partition coefficient (Wildman–Crippen LogP) is 2.53. The van der Waals surface area contributed by atoms with Crippen molar-refractivity contribution in [2.24, 2.45) is 0 Å². The number of rotatable bonds is 8. The molecule has 0 atom stereocenters. The molecule has 0 fully saturated rings. The molecular formula is C16H24N6OS. The zero-order valence-electron chi connectivity index (χ0n) is 14.5. The SMILES string of the molecule is CC(C)N(CCNC(=O)c1cnc(Nc2ncccn2)s1)C(C)C. The largest absolute Gasteiger partial charge is 0.350 e. The Morgan fingerprint density at radius 3 is 2.46 bits per heavy atom. The van der Waals surface area contributed by atoms with Crippen LogP contribution in [0.3, 0.4) is 0 Å². The molecule has 2 rings (SSSR count). The Balaban J connectivity index is 1.85. The second-order valence-corrected chi connectivity index (χ2v) is 6.94. The van der Waals surface area contributed by atoms with Gasteiger partial charge in [0.2, 0.25) is 5.95 Å². The molecule has 2 N–H and O–H groups in total. The molecule has 0 aliphatic rings. The Hall–Kier alpha value is -2.06. The number of thiazole rings is 1. The Bertz CT molecular complexity index is 635. The number of hydrogen-bond donors (Lipinski definition) is 2. The Kier molecular flexibility index (Phi) is 6.62. The van der Waals surface area contributed by atoms with Gasteiger partial charge in [-0.2, -0.15) is 0 Å². The lowest BCUT2D eigenvalue weighted by molar-refractivity contribution is 0.0943. The molecule has 24 heavy (non-hydrogen) atoms. The summed E-state index contributed by atoms with van der Waals surface area (Å²) in [6.45, 7) is 10.1. The van der Waals surface area contributed by atoms with Crippen molar-refractivity contribution in [1.82, 2.24) is 25.2 Å². The maximum Gasteiger partial charge on any atom is 0.263 e. The van der Waals surface area contributed by atoms with Crippen LogP contribution in [0.15, 0.2) is 24.7 Å². The van der Waals surface area contributed by atoms with Crippen molar-refractivity contribution in [3.05, 3.63) is 29.5 Å². The van der Waals surface area contributed by atoms with Crippen LogP contribution in [0.5, 0.6) is 0 Å². The molecule has 7 nitrogen and oxygen atoms in total. The number of carbonyl (C=O) groups excluding carboxylic acids is 1. The Morgan fingerprint density at radius 2 is 1.83 bits per heavy atom. The molecule has 130 valence electrons. The summed E-state index contributed by atoms with van der Waals surface area (Å²) in [6, 6.07) is 2.64. The molecule has 0 aliphatic heterocycles. The highest BCUT2D eigenvalue weighted by Crippen LogP contribution is 2.20. The number of carbonyl (C=O) groups is 1. The molecule has 0 saturated heterocycles. The lowest BCUT2D eigenvalue weighted by Gasteiger charge is -2.30. The van der Waals surface area contributed by atoms with Crippen LogP contribution < -0.4 is 10.6 Å². The van der Waals surface area contributed by atoms with Crippen molar-refractivity contribution in [3.8, 4) is 0 Å². The van der Waals surface area contributed by atoms with Crippen molar-refractivity contribution in [2.75, 3.05) is 18.4 Å². The highest BCUT2D eigenvalue weighted by molar-refractivity contribution is 7.17. The van der Waals surface area contributed by atoms with E-state index in [1.807, 2.05) is 0 Å². The zero-order valence-corrected chi connectivity index (χ0v) is 15.3. The van der Waals surface area contributed by atoms with E-state index >= 15 is 0 Å². The van der Waals surface area contributed by atoms with Gasteiger partial charge in [0.1, 0.15) is 4.88 Å². The van der Waals surface area contributed by atoms with Gasteiger partial charge in [-0.3, -0.25) is 9.69 Å². The van der Waals surface area contributed by atoms with Crippen molar-refractivity contribution in [1.29, 1.82) is 0 Å². The predicted molar refractivity (Wildman–Crippen MR) is 96.7 cm³/mol. The van der Waals surface area contributed by atoms with Gasteiger partial charge in [-0.1, -0.05) is 11.3 Å². The summed E-state index contributed by atoms with van der Waals surface area (Å²) < 4.78 is 0. The van der Waals surface area contributed by atoms with Gasteiger partial charge < -0.3 is 10.6 Å². The van der Waals surface area contributed by atoms with Crippen LogP contribution in [0.2, 0.25) is 0 Å². The molecule has 8 heteroatoms. The number of nitrogens with zero attached hydrogens (tertiary/aromatic N) is 4. The fraction of sp³-hybridized carbons (Fsp3) is 0.500. The molecule has 2 heterocycles. The first kappa shape index (κ1) is 18.3. The second kappa shape index (κ2) is 8.70. The molecular weight excluding hydrogens is 324 g/mol. The minimum Gasteiger partial charge on any atom is -0.350 e. The summed E-state index contributed by atoms with van der Waals surface area (Å²) >= 11 is 1.28. The molecule has 0 unspecified atom stereocenters. The van der Waals surface area contributed by atoms with E-state index in [1.54, 1.807) is 24.7 Å². The molecule has 0 aromatic carbocycles. The normalized spacial score (nSPS) is 11.3. The second-order valence-electron chi connectivity index (χ2n) is 5.91. The topological polar surface area (TPSA) is 83.0 Å². The van der Waals surface area contributed by atoms with Gasteiger partial charge in [0.25, 0.3) is 5.91 Å². The van der Waals surface area contributed by atoms with Crippen molar-refractivity contribution in [2.45, 2.75) is 39.8 Å². The summed E-state index contributed by atoms with van der Waals surface area (Å²) in [5, 5.41) is 6.52. The van der Waals surface area contributed by atoms with Crippen molar-refractivity contribution < 1.29 is 4.79 Å². The van der Waals surface area contributed by atoms with Crippen molar-refractivity contribution >= 4 is 28.3 Å². The lowest BCUT2D eigenvalue weighted by atomic mass is 10.2. The molecule has 0 radical (unpaired) electrons. The molecule has 0 spiro atoms. The third-order valence-corrected chi connectivity index (χ3v) is 4.41. The zero-order chi connectivity index (χ0) is 17.5. The highest BCUT2D eigenvalue weighted by Gasteiger charge is 2.15. The molecule has 0 aliphatic carbocycles. The van der Waals surface area contributed by atoms with Crippen LogP contribution >= 0.6 is 11.3 Å². The number of anilines is 2. The van der Waals surface area contributed by atoms with Crippen molar-refractivity contribution in [3.63, 3.8) is 0 Å². The molecule has 0 bridgehead atoms. The third-order valence-electron chi connectivity index (χ3n) is 3.50. The lowest BCUT2D eigenvalue weighted by Crippen LogP contribution is -2.42. The highest BCUT2D eigenvalue weighted by atomic mass is 32.1. The average Bonchev–Trinajstić information content (AvgIpc) is 3.00. The van der Waals surface area contributed by atoms with Crippen LogP contribution in [0.1, 0.15) is 37.4 Å². The number of aromatic nitrogens is 3. The smallest absolute Gasteiger partial charge is 0.263 e. The summed E-state index contributed by atoms with van der Waals surface area (Å²) in [5.74, 6) is 0.352. The molecule has 1 amide bonds. The minimum atomic E-state index is -0.109. The molecule has 2 aromatic rings. The van der Waals surface area contributed by atoms with Gasteiger partial charge >= 0.3 is 0 Å². The van der Waals surface area contributed by atoms with E-state index in [0.29, 0.717) is 34.6 Å². The van der Waals surface area contributed by atoms with Crippen LogP contribution in [-0.2, 0) is 0 Å². The van der Waals surface area contributed by atoms with E-state index in [9.17, 15) is 4.79 Å². The first-order chi connectivity index (χ1) is 11.5. The standard InChI is InChI=1S/C16H24N6OS/c1-11(2)22(12(3)4)9-8-17-14(23)13-10-20-16(24-13)21-15-18-6-5-7-19-15/h5-7,10-12H,8-9H2,1-4H3,(H,17,23)(H,18,19,20,21). The summed E-state index contributed by atoms with van der Waals surface area (Å²) in [5.41, 5.74) is 0. The van der Waals surface area contributed by atoms with E-state index in [2.05, 4.69) is 58.2 Å². The van der Waals surface area contributed by atoms with Crippen LogP contribution in [-0.4, -0.2) is 50.9 Å². The maximum absolute atomic E-state index is 12.2. The third kappa shape index (κ3) is 5.24. The fourth-order valence-electron chi connectivity index (χ4n) is 2.39. The van der Waals surface area contributed by atoms with E-state index in [-0.39, 0.29) is 5.91 Å². The van der Waals surface area contributed by atoms with E-state index < -0.39 is 0 Å². The molecule has 0 saturated carbocycles. The first-order valence-corrected chi connectivity index (χ1v) is 8.83. The van der Waals surface area contributed by atoms with Gasteiger partial charge in [0.15, 0.2) is 5.13 Å². The quantitative estimate of drug-likeness (QED) is 0.763. The van der Waals surface area contributed by atoms with Gasteiger partial charge in [-0.25, -0.2) is 15.0 Å². The van der Waals surface area contributed by atoms with Gasteiger partial charge in [-0.15, -0.1) is 0 Å². The van der Waals surface area contributed by atoms with Gasteiger partial charge in [0, 0.05) is 37.6 Å². The van der Waals surface area contributed by atoms with Crippen LogP contribution in [0.4, 0.5) is 11.1 Å². The Morgan fingerprint density at radius 1 is 1.17 bits per heavy atom. The number of hydrogen-bond acceptors (Lipinski definition) is 7.